The molecule has 1 aliphatic rings. The summed E-state index contributed by atoms with van der Waals surface area (Å²) in [4.78, 5) is 12.4. The number of methoxy groups -OCH3 is 1. The van der Waals surface area contributed by atoms with E-state index in [1.807, 2.05) is 6.92 Å². The largest absolute Gasteiger partial charge is 0.480 e. The molecular weight excluding hydrogens is 342 g/mol. The van der Waals surface area contributed by atoms with E-state index in [4.69, 9.17) is 4.74 Å². The number of aromatic nitrogens is 4. The number of anilines is 1. The fourth-order valence-electron chi connectivity index (χ4n) is 3.51. The summed E-state index contributed by atoms with van der Waals surface area (Å²) in [5.74, 6) is 1.54. The van der Waals surface area contributed by atoms with Crippen molar-refractivity contribution in [1.29, 1.82) is 0 Å². The molecule has 0 bridgehead atoms. The van der Waals surface area contributed by atoms with Gasteiger partial charge in [-0.3, -0.25) is 4.79 Å². The summed E-state index contributed by atoms with van der Waals surface area (Å²) >= 11 is 0. The van der Waals surface area contributed by atoms with Gasteiger partial charge in [0.25, 0.3) is 0 Å². The molecule has 27 heavy (non-hydrogen) atoms. The number of nitrogens with zero attached hydrogens (tertiary/aromatic N) is 4. The maximum Gasteiger partial charge on any atom is 0.233 e. The van der Waals surface area contributed by atoms with Crippen LogP contribution < -0.4 is 10.1 Å². The second-order valence-electron chi connectivity index (χ2n) is 6.84. The Kier molecular flexibility index (Phi) is 4.14. The molecule has 7 nitrogen and oxygen atoms in total. The topological polar surface area (TPSA) is 81.9 Å². The Balaban J connectivity index is 1.83. The van der Waals surface area contributed by atoms with Crippen LogP contribution in [-0.4, -0.2) is 33.0 Å². The number of ether oxygens (including phenoxy) is 1. The zero-order valence-electron chi connectivity index (χ0n) is 15.8. The molecule has 0 unspecified atom stereocenters. The molecule has 1 aromatic carbocycles. The molecule has 3 heterocycles. The lowest BCUT2D eigenvalue weighted by molar-refractivity contribution is -0.116. The summed E-state index contributed by atoms with van der Waals surface area (Å²) in [6.45, 7) is 6.13. The fraction of sp³-hybridized carbons (Fsp3) is 0.300. The van der Waals surface area contributed by atoms with Crippen LogP contribution >= 0.6 is 0 Å². The van der Waals surface area contributed by atoms with E-state index in [2.05, 4.69) is 52.7 Å². The average Bonchev–Trinajstić information content (AvgIpc) is 3.00. The number of rotatable bonds is 3. The zero-order valence-corrected chi connectivity index (χ0v) is 15.8. The van der Waals surface area contributed by atoms with Gasteiger partial charge in [-0.05, 0) is 43.5 Å². The van der Waals surface area contributed by atoms with Crippen LogP contribution in [0.1, 0.15) is 40.3 Å². The summed E-state index contributed by atoms with van der Waals surface area (Å²) < 4.78 is 6.70. The lowest BCUT2D eigenvalue weighted by Crippen LogP contribution is -2.25. The minimum absolute atomic E-state index is 0.0339. The van der Waals surface area contributed by atoms with Crippen LogP contribution in [-0.2, 0) is 4.79 Å². The standard InChI is InChI=1S/C20H21N5O2/c1-11-5-6-14(9-12(11)2)15-10-17(26)21-20-19(15)13(3)24-25(20)16-7-8-18(27-4)23-22-16/h5-9,15H,10H2,1-4H3,(H,21,26)/t15-/m1/s1. The third-order valence-corrected chi connectivity index (χ3v) is 5.09. The Morgan fingerprint density at radius 1 is 1.11 bits per heavy atom. The molecule has 0 saturated carbocycles. The van der Waals surface area contributed by atoms with E-state index in [1.54, 1.807) is 16.8 Å². The lowest BCUT2D eigenvalue weighted by Gasteiger charge is -2.24. The quantitative estimate of drug-likeness (QED) is 0.773. The van der Waals surface area contributed by atoms with Crippen LogP contribution in [0.4, 0.5) is 5.82 Å². The molecule has 4 rings (SSSR count). The van der Waals surface area contributed by atoms with Crippen LogP contribution in [0.3, 0.4) is 0 Å². The Hall–Kier alpha value is -3.22. The van der Waals surface area contributed by atoms with Crippen molar-refractivity contribution < 1.29 is 9.53 Å². The first-order valence-corrected chi connectivity index (χ1v) is 8.82. The van der Waals surface area contributed by atoms with E-state index in [9.17, 15) is 4.79 Å². The van der Waals surface area contributed by atoms with Crippen LogP contribution in [0.5, 0.6) is 5.88 Å². The summed E-state index contributed by atoms with van der Waals surface area (Å²) in [5, 5.41) is 15.8. The van der Waals surface area contributed by atoms with E-state index < -0.39 is 0 Å². The molecule has 0 aliphatic carbocycles. The number of hydrogen-bond acceptors (Lipinski definition) is 5. The second kappa shape index (κ2) is 6.50. The highest BCUT2D eigenvalue weighted by Crippen LogP contribution is 2.40. The molecule has 138 valence electrons. The van der Waals surface area contributed by atoms with Crippen molar-refractivity contribution in [2.45, 2.75) is 33.1 Å². The highest BCUT2D eigenvalue weighted by Gasteiger charge is 2.33. The van der Waals surface area contributed by atoms with E-state index in [0.29, 0.717) is 23.9 Å². The predicted octanol–water partition coefficient (Wildman–Crippen LogP) is 3.07. The van der Waals surface area contributed by atoms with Crippen molar-refractivity contribution in [1.82, 2.24) is 20.0 Å². The first-order valence-electron chi connectivity index (χ1n) is 8.82. The van der Waals surface area contributed by atoms with Crippen LogP contribution in [0.2, 0.25) is 0 Å². The monoisotopic (exact) mass is 363 g/mol. The zero-order chi connectivity index (χ0) is 19.1. The van der Waals surface area contributed by atoms with Gasteiger partial charge in [0, 0.05) is 24.0 Å². The molecule has 0 radical (unpaired) electrons. The van der Waals surface area contributed by atoms with Gasteiger partial charge < -0.3 is 10.1 Å². The number of carbonyl (C=O) groups excluding carboxylic acids is 1. The molecule has 1 amide bonds. The van der Waals surface area contributed by atoms with Gasteiger partial charge >= 0.3 is 0 Å². The molecule has 2 aromatic heterocycles. The molecule has 1 aliphatic heterocycles. The molecule has 1 atom stereocenters. The van der Waals surface area contributed by atoms with Gasteiger partial charge in [0.15, 0.2) is 5.82 Å². The number of aryl methyl sites for hydroxylation is 3. The van der Waals surface area contributed by atoms with Crippen molar-refractivity contribution in [3.05, 3.63) is 58.3 Å². The Bertz CT molecular complexity index is 1020. The molecule has 0 fully saturated rings. The number of benzene rings is 1. The van der Waals surface area contributed by atoms with E-state index in [0.717, 1.165) is 16.8 Å². The lowest BCUT2D eigenvalue weighted by atomic mass is 9.84. The maximum absolute atomic E-state index is 12.4. The number of hydrogen-bond donors (Lipinski definition) is 1. The molecule has 7 heteroatoms. The number of amides is 1. The van der Waals surface area contributed by atoms with Gasteiger partial charge in [0.1, 0.15) is 5.82 Å². The van der Waals surface area contributed by atoms with Crippen molar-refractivity contribution in [3.63, 3.8) is 0 Å². The van der Waals surface area contributed by atoms with Crippen LogP contribution in [0, 0.1) is 20.8 Å². The molecule has 3 aromatic rings. The molecule has 0 spiro atoms. The SMILES string of the molecule is COc1ccc(-n2nc(C)c3c2NC(=O)C[C@@H]3c2ccc(C)c(C)c2)nn1. The Labute approximate surface area is 157 Å². The highest BCUT2D eigenvalue weighted by atomic mass is 16.5. The van der Waals surface area contributed by atoms with Gasteiger partial charge in [-0.2, -0.15) is 9.78 Å². The van der Waals surface area contributed by atoms with E-state index in [-0.39, 0.29) is 11.8 Å². The van der Waals surface area contributed by atoms with Gasteiger partial charge in [-0.1, -0.05) is 18.2 Å². The van der Waals surface area contributed by atoms with Crippen molar-refractivity contribution in [2.24, 2.45) is 0 Å². The molecular formula is C20H21N5O2. The smallest absolute Gasteiger partial charge is 0.233 e. The van der Waals surface area contributed by atoms with Crippen molar-refractivity contribution in [2.75, 3.05) is 12.4 Å². The van der Waals surface area contributed by atoms with Crippen LogP contribution in [0.25, 0.3) is 5.82 Å². The van der Waals surface area contributed by atoms with Gasteiger partial charge in [-0.15, -0.1) is 10.2 Å². The second-order valence-corrected chi connectivity index (χ2v) is 6.84. The van der Waals surface area contributed by atoms with Crippen molar-refractivity contribution in [3.8, 4) is 11.7 Å². The first kappa shape index (κ1) is 17.2. The number of nitrogens with one attached hydrogen (secondary N) is 1. The van der Waals surface area contributed by atoms with Gasteiger partial charge in [0.2, 0.25) is 11.8 Å². The third-order valence-electron chi connectivity index (χ3n) is 5.09. The van der Waals surface area contributed by atoms with Gasteiger partial charge in [0.05, 0.1) is 12.8 Å². The minimum Gasteiger partial charge on any atom is -0.480 e. The van der Waals surface area contributed by atoms with Gasteiger partial charge in [-0.25, -0.2) is 0 Å². The predicted molar refractivity (Wildman–Crippen MR) is 101 cm³/mol. The Morgan fingerprint density at radius 3 is 2.59 bits per heavy atom. The first-order chi connectivity index (χ1) is 13.0. The average molecular weight is 363 g/mol. The number of fused-ring (bicyclic) bond motifs is 1. The van der Waals surface area contributed by atoms with Crippen LogP contribution in [0.15, 0.2) is 30.3 Å². The number of carbonyl (C=O) groups is 1. The summed E-state index contributed by atoms with van der Waals surface area (Å²) in [7, 11) is 1.54. The summed E-state index contributed by atoms with van der Waals surface area (Å²) in [6, 6.07) is 9.85. The van der Waals surface area contributed by atoms with Crippen molar-refractivity contribution >= 4 is 11.7 Å². The molecule has 1 N–H and O–H groups in total. The minimum atomic E-state index is -0.0343. The normalized spacial score (nSPS) is 16.0. The Morgan fingerprint density at radius 2 is 1.93 bits per heavy atom. The molecule has 0 saturated heterocycles. The third kappa shape index (κ3) is 2.95. The summed E-state index contributed by atoms with van der Waals surface area (Å²) in [6.07, 6.45) is 0.399. The van der Waals surface area contributed by atoms with E-state index in [1.165, 1.54) is 18.2 Å². The fourth-order valence-corrected chi connectivity index (χ4v) is 3.51. The highest BCUT2D eigenvalue weighted by molar-refractivity contribution is 5.95. The summed E-state index contributed by atoms with van der Waals surface area (Å²) in [5.41, 5.74) is 5.46. The maximum atomic E-state index is 12.4. The van der Waals surface area contributed by atoms with E-state index >= 15 is 0 Å².